The molecule has 1 saturated carbocycles. The van der Waals surface area contributed by atoms with E-state index in [0.717, 1.165) is 5.57 Å². The van der Waals surface area contributed by atoms with Crippen LogP contribution in [0, 0.1) is 23.7 Å². The average Bonchev–Trinajstić information content (AvgIpc) is 2.62. The summed E-state index contributed by atoms with van der Waals surface area (Å²) in [5, 5.41) is 0. The Balaban J connectivity index is 2.05. The van der Waals surface area contributed by atoms with Crippen molar-refractivity contribution >= 4 is 17.5 Å². The van der Waals surface area contributed by atoms with E-state index in [0.29, 0.717) is 12.8 Å². The molecule has 1 heterocycles. The smallest absolute Gasteiger partial charge is 0.309 e. The van der Waals surface area contributed by atoms with E-state index >= 15 is 0 Å². The van der Waals surface area contributed by atoms with Gasteiger partial charge in [-0.25, -0.2) is 0 Å². The number of ether oxygens (including phenoxy) is 1. The van der Waals surface area contributed by atoms with Gasteiger partial charge in [-0.1, -0.05) is 18.6 Å². The van der Waals surface area contributed by atoms with Crippen molar-refractivity contribution in [1.29, 1.82) is 0 Å². The third-order valence-corrected chi connectivity index (χ3v) is 5.01. The molecule has 1 spiro atoms. The van der Waals surface area contributed by atoms with Gasteiger partial charge in [0.25, 0.3) is 0 Å². The Kier molecular flexibility index (Phi) is 2.50. The van der Waals surface area contributed by atoms with Gasteiger partial charge >= 0.3 is 5.97 Å². The lowest BCUT2D eigenvalue weighted by molar-refractivity contribution is -0.171. The number of hydrogen-bond acceptors (Lipinski definition) is 4. The molecule has 102 valence electrons. The maximum atomic E-state index is 12.7. The molecule has 0 N–H and O–H groups in total. The summed E-state index contributed by atoms with van der Waals surface area (Å²) in [5.41, 5.74) is 0.107. The Morgan fingerprint density at radius 3 is 2.63 bits per heavy atom. The standard InChI is InChI=1S/C15H18O4/c1-7-4-11-10(9(3)16)5-12(7)15(13(11)17)6-8(2)14(18)19-15/h4,8,10-12H,5-6H2,1-3H3/t8-,10-,11+,12+,15+/m0/s1. The van der Waals surface area contributed by atoms with Crippen LogP contribution in [0.2, 0.25) is 0 Å². The second-order valence-electron chi connectivity index (χ2n) is 6.22. The zero-order valence-electron chi connectivity index (χ0n) is 11.4. The van der Waals surface area contributed by atoms with Gasteiger partial charge in [-0.3, -0.25) is 14.4 Å². The Morgan fingerprint density at radius 1 is 1.42 bits per heavy atom. The van der Waals surface area contributed by atoms with Crippen LogP contribution in [-0.4, -0.2) is 23.1 Å². The van der Waals surface area contributed by atoms with Crippen molar-refractivity contribution < 1.29 is 19.1 Å². The van der Waals surface area contributed by atoms with Crippen molar-refractivity contribution in [2.24, 2.45) is 23.7 Å². The Hall–Kier alpha value is -1.45. The highest BCUT2D eigenvalue weighted by molar-refractivity contribution is 6.01. The van der Waals surface area contributed by atoms with Gasteiger partial charge in [-0.15, -0.1) is 0 Å². The summed E-state index contributed by atoms with van der Waals surface area (Å²) in [6.45, 7) is 5.31. The number of fused-ring (bicyclic) bond motifs is 1. The molecule has 4 aliphatic rings. The second-order valence-corrected chi connectivity index (χ2v) is 6.22. The van der Waals surface area contributed by atoms with Crippen molar-refractivity contribution in [1.82, 2.24) is 0 Å². The first-order chi connectivity index (χ1) is 8.86. The fourth-order valence-corrected chi connectivity index (χ4v) is 4.02. The monoisotopic (exact) mass is 262 g/mol. The van der Waals surface area contributed by atoms with Crippen LogP contribution in [0.1, 0.15) is 33.6 Å². The average molecular weight is 262 g/mol. The molecule has 3 aliphatic carbocycles. The van der Waals surface area contributed by atoms with Crippen molar-refractivity contribution in [3.05, 3.63) is 11.6 Å². The summed E-state index contributed by atoms with van der Waals surface area (Å²) in [6.07, 6.45) is 3.00. The van der Waals surface area contributed by atoms with Gasteiger partial charge in [0.1, 0.15) is 5.78 Å². The third-order valence-electron chi connectivity index (χ3n) is 5.01. The topological polar surface area (TPSA) is 60.4 Å². The van der Waals surface area contributed by atoms with E-state index in [4.69, 9.17) is 4.74 Å². The highest BCUT2D eigenvalue weighted by Gasteiger charge is 2.63. The van der Waals surface area contributed by atoms with Gasteiger partial charge in [0.05, 0.1) is 5.92 Å². The minimum Gasteiger partial charge on any atom is -0.450 e. The molecule has 0 amide bonds. The molecule has 0 aromatic heterocycles. The van der Waals surface area contributed by atoms with Gasteiger partial charge in [-0.05, 0) is 20.3 Å². The van der Waals surface area contributed by atoms with E-state index < -0.39 is 11.5 Å². The molecule has 4 heteroatoms. The highest BCUT2D eigenvalue weighted by Crippen LogP contribution is 2.54. The molecular weight excluding hydrogens is 244 g/mol. The summed E-state index contributed by atoms with van der Waals surface area (Å²) in [4.78, 5) is 36.1. The maximum absolute atomic E-state index is 12.7. The van der Waals surface area contributed by atoms with Crippen LogP contribution in [0.15, 0.2) is 11.6 Å². The van der Waals surface area contributed by atoms with E-state index in [1.165, 1.54) is 6.92 Å². The Bertz CT molecular complexity index is 518. The summed E-state index contributed by atoms with van der Waals surface area (Å²) >= 11 is 0. The highest BCUT2D eigenvalue weighted by atomic mass is 16.6. The normalized spacial score (nSPS) is 44.5. The van der Waals surface area contributed by atoms with Crippen LogP contribution in [-0.2, 0) is 19.1 Å². The summed E-state index contributed by atoms with van der Waals surface area (Å²) in [7, 11) is 0. The van der Waals surface area contributed by atoms with E-state index in [-0.39, 0.29) is 35.3 Å². The van der Waals surface area contributed by atoms with Crippen LogP contribution in [0.3, 0.4) is 0 Å². The van der Waals surface area contributed by atoms with Crippen LogP contribution in [0.25, 0.3) is 0 Å². The Morgan fingerprint density at radius 2 is 2.11 bits per heavy atom. The number of esters is 1. The zero-order valence-corrected chi connectivity index (χ0v) is 11.4. The third kappa shape index (κ3) is 1.49. The first-order valence-corrected chi connectivity index (χ1v) is 6.82. The van der Waals surface area contributed by atoms with Crippen molar-refractivity contribution in [3.63, 3.8) is 0 Å². The Labute approximate surface area is 112 Å². The molecule has 4 nitrogen and oxygen atoms in total. The van der Waals surface area contributed by atoms with E-state index in [9.17, 15) is 14.4 Å². The summed E-state index contributed by atoms with van der Waals surface area (Å²) in [6, 6.07) is 0. The second kappa shape index (κ2) is 3.78. The van der Waals surface area contributed by atoms with Crippen molar-refractivity contribution in [2.75, 3.05) is 0 Å². The summed E-state index contributed by atoms with van der Waals surface area (Å²) < 4.78 is 5.51. The predicted octanol–water partition coefficient (Wildman–Crippen LogP) is 1.68. The van der Waals surface area contributed by atoms with Gasteiger partial charge < -0.3 is 4.74 Å². The molecule has 19 heavy (non-hydrogen) atoms. The molecule has 0 unspecified atom stereocenters. The maximum Gasteiger partial charge on any atom is 0.309 e. The molecule has 1 saturated heterocycles. The fraction of sp³-hybridized carbons (Fsp3) is 0.667. The number of ketones is 2. The molecular formula is C15H18O4. The largest absolute Gasteiger partial charge is 0.450 e. The first kappa shape index (κ1) is 12.6. The molecule has 0 aromatic rings. The predicted molar refractivity (Wildman–Crippen MR) is 67.1 cm³/mol. The lowest BCUT2D eigenvalue weighted by Gasteiger charge is -2.48. The van der Waals surface area contributed by atoms with Gasteiger partial charge in [-0.2, -0.15) is 0 Å². The zero-order chi connectivity index (χ0) is 13.9. The SMILES string of the molecule is CC(=O)[C@@H]1C[C@@H]2C(C)=C[C@H]1C(=O)[C@@]21C[C@H](C)C(=O)O1. The van der Waals surface area contributed by atoms with Crippen LogP contribution >= 0.6 is 0 Å². The molecule has 0 aromatic carbocycles. The number of allylic oxidation sites excluding steroid dienone is 1. The number of carbonyl (C=O) groups excluding carboxylic acids is 3. The van der Waals surface area contributed by atoms with Crippen LogP contribution < -0.4 is 0 Å². The minimum absolute atomic E-state index is 0.0549. The number of Topliss-reactive ketones (excluding diaryl/α,β-unsaturated/α-hetero) is 2. The fourth-order valence-electron chi connectivity index (χ4n) is 4.02. The van der Waals surface area contributed by atoms with Gasteiger partial charge in [0, 0.05) is 24.2 Å². The van der Waals surface area contributed by atoms with Crippen LogP contribution in [0.5, 0.6) is 0 Å². The molecule has 1 aliphatic heterocycles. The summed E-state index contributed by atoms with van der Waals surface area (Å²) in [5.74, 6) is -1.28. The number of hydrogen-bond donors (Lipinski definition) is 0. The molecule has 4 rings (SSSR count). The van der Waals surface area contributed by atoms with E-state index in [2.05, 4.69) is 0 Å². The molecule has 2 bridgehead atoms. The van der Waals surface area contributed by atoms with E-state index in [1.807, 2.05) is 13.0 Å². The van der Waals surface area contributed by atoms with Gasteiger partial charge in [0.15, 0.2) is 11.4 Å². The first-order valence-electron chi connectivity index (χ1n) is 6.82. The lowest BCUT2D eigenvalue weighted by Crippen LogP contribution is -2.59. The number of carbonyl (C=O) groups is 3. The molecule has 0 radical (unpaired) electrons. The van der Waals surface area contributed by atoms with E-state index in [1.54, 1.807) is 6.92 Å². The van der Waals surface area contributed by atoms with Crippen molar-refractivity contribution in [2.45, 2.75) is 39.2 Å². The quantitative estimate of drug-likeness (QED) is 0.533. The van der Waals surface area contributed by atoms with Crippen LogP contribution in [0.4, 0.5) is 0 Å². The van der Waals surface area contributed by atoms with Gasteiger partial charge in [0.2, 0.25) is 0 Å². The van der Waals surface area contributed by atoms with Crippen molar-refractivity contribution in [3.8, 4) is 0 Å². The lowest BCUT2D eigenvalue weighted by atomic mass is 9.56. The molecule has 5 atom stereocenters. The minimum atomic E-state index is -0.980. The number of rotatable bonds is 1. The molecule has 2 fully saturated rings.